The van der Waals surface area contributed by atoms with Crippen LogP contribution < -0.4 is 4.57 Å². The molecule has 1 heterocycles. The average molecular weight is 285 g/mol. The van der Waals surface area contributed by atoms with Crippen molar-refractivity contribution in [1.29, 1.82) is 0 Å². The molecular weight excluding hydrogens is 256 g/mol. The Hall–Kier alpha value is -1.57. The zero-order valence-electron chi connectivity index (χ0n) is 13.6. The van der Waals surface area contributed by atoms with E-state index in [0.29, 0.717) is 0 Å². The van der Waals surface area contributed by atoms with Gasteiger partial charge in [-0.15, -0.1) is 0 Å². The smallest absolute Gasteiger partial charge is 0.234 e. The highest BCUT2D eigenvalue weighted by molar-refractivity contribution is 5.14. The van der Waals surface area contributed by atoms with Crippen LogP contribution in [0.4, 0.5) is 0 Å². The summed E-state index contributed by atoms with van der Waals surface area (Å²) in [6.07, 6.45) is 12.2. The zero-order valence-corrected chi connectivity index (χ0v) is 13.6. The van der Waals surface area contributed by atoms with Crippen LogP contribution >= 0.6 is 0 Å². The second-order valence-electron chi connectivity index (χ2n) is 5.88. The fourth-order valence-corrected chi connectivity index (χ4v) is 2.82. The molecule has 0 aliphatic heterocycles. The first-order valence-corrected chi connectivity index (χ1v) is 8.40. The minimum atomic E-state index is 1.11. The number of imidazole rings is 1. The van der Waals surface area contributed by atoms with Gasteiger partial charge in [0.25, 0.3) is 5.82 Å². The van der Waals surface area contributed by atoms with Crippen molar-refractivity contribution in [2.24, 2.45) is 0 Å². The van der Waals surface area contributed by atoms with Crippen molar-refractivity contribution in [3.8, 4) is 0 Å². The van der Waals surface area contributed by atoms with E-state index in [1.165, 1.54) is 43.5 Å². The zero-order chi connectivity index (χ0) is 14.9. The van der Waals surface area contributed by atoms with E-state index < -0.39 is 0 Å². The second-order valence-corrected chi connectivity index (χ2v) is 5.88. The van der Waals surface area contributed by atoms with E-state index in [-0.39, 0.29) is 0 Å². The molecule has 2 heteroatoms. The van der Waals surface area contributed by atoms with Crippen LogP contribution in [0, 0.1) is 6.92 Å². The number of rotatable bonds is 9. The molecule has 0 unspecified atom stereocenters. The summed E-state index contributed by atoms with van der Waals surface area (Å²) in [5, 5.41) is 0. The summed E-state index contributed by atoms with van der Waals surface area (Å²) >= 11 is 0. The lowest BCUT2D eigenvalue weighted by molar-refractivity contribution is -0.702. The maximum atomic E-state index is 2.40. The van der Waals surface area contributed by atoms with E-state index in [1.807, 2.05) is 0 Å². The average Bonchev–Trinajstić information content (AvgIpc) is 2.86. The number of nitrogens with zero attached hydrogens (tertiary/aromatic N) is 2. The molecule has 114 valence electrons. The lowest BCUT2D eigenvalue weighted by Crippen LogP contribution is -2.35. The molecule has 0 saturated heterocycles. The maximum Gasteiger partial charge on any atom is 0.253 e. The van der Waals surface area contributed by atoms with Gasteiger partial charge in [-0.3, -0.25) is 0 Å². The lowest BCUT2D eigenvalue weighted by Gasteiger charge is -2.02. The van der Waals surface area contributed by atoms with E-state index >= 15 is 0 Å². The largest absolute Gasteiger partial charge is 0.253 e. The Labute approximate surface area is 129 Å². The second kappa shape index (κ2) is 8.66. The predicted molar refractivity (Wildman–Crippen MR) is 88.3 cm³/mol. The van der Waals surface area contributed by atoms with Gasteiger partial charge in [0.2, 0.25) is 0 Å². The molecule has 0 N–H and O–H groups in total. The lowest BCUT2D eigenvalue weighted by atomic mass is 10.1. The van der Waals surface area contributed by atoms with Crippen molar-refractivity contribution in [3.05, 3.63) is 54.1 Å². The standard InChI is InChI=1S/C19H29N2/c1-3-4-5-9-14-20-16-17-21(18(20)2)15-10-13-19-11-7-6-8-12-19/h6-8,11-12,16-17H,3-5,9-10,13-15H2,1-2H3/q+1. The molecule has 1 aromatic heterocycles. The Balaban J connectivity index is 1.77. The van der Waals surface area contributed by atoms with Crippen LogP contribution in [0.1, 0.15) is 50.4 Å². The number of hydrogen-bond donors (Lipinski definition) is 0. The third-order valence-electron chi connectivity index (χ3n) is 4.22. The monoisotopic (exact) mass is 285 g/mol. The molecule has 0 aliphatic carbocycles. The van der Waals surface area contributed by atoms with E-state index in [0.717, 1.165) is 19.5 Å². The van der Waals surface area contributed by atoms with Crippen molar-refractivity contribution in [2.45, 2.75) is 65.5 Å². The first-order valence-electron chi connectivity index (χ1n) is 8.40. The van der Waals surface area contributed by atoms with Crippen LogP contribution in [0.2, 0.25) is 0 Å². The number of aromatic nitrogens is 2. The molecule has 0 radical (unpaired) electrons. The summed E-state index contributed by atoms with van der Waals surface area (Å²) in [5.74, 6) is 1.39. The molecule has 2 rings (SSSR count). The van der Waals surface area contributed by atoms with Crippen LogP contribution in [0.5, 0.6) is 0 Å². The van der Waals surface area contributed by atoms with E-state index in [4.69, 9.17) is 0 Å². The topological polar surface area (TPSA) is 8.81 Å². The van der Waals surface area contributed by atoms with Gasteiger partial charge in [-0.2, -0.15) is 0 Å². The number of unbranched alkanes of at least 4 members (excludes halogenated alkanes) is 3. The summed E-state index contributed by atoms with van der Waals surface area (Å²) < 4.78 is 4.79. The number of benzene rings is 1. The van der Waals surface area contributed by atoms with E-state index in [1.54, 1.807) is 0 Å². The highest BCUT2D eigenvalue weighted by Gasteiger charge is 2.11. The van der Waals surface area contributed by atoms with Crippen molar-refractivity contribution in [3.63, 3.8) is 0 Å². The molecule has 0 amide bonds. The van der Waals surface area contributed by atoms with Gasteiger partial charge in [-0.05, 0) is 31.2 Å². The van der Waals surface area contributed by atoms with Crippen LogP contribution in [-0.2, 0) is 19.5 Å². The number of hydrogen-bond acceptors (Lipinski definition) is 0. The molecule has 21 heavy (non-hydrogen) atoms. The van der Waals surface area contributed by atoms with Gasteiger partial charge < -0.3 is 0 Å². The first-order chi connectivity index (χ1) is 10.3. The van der Waals surface area contributed by atoms with Gasteiger partial charge in [-0.1, -0.05) is 50.1 Å². The Morgan fingerprint density at radius 1 is 1.00 bits per heavy atom. The van der Waals surface area contributed by atoms with E-state index in [9.17, 15) is 0 Å². The van der Waals surface area contributed by atoms with Crippen molar-refractivity contribution >= 4 is 0 Å². The molecule has 0 bridgehead atoms. The van der Waals surface area contributed by atoms with Crippen molar-refractivity contribution in [1.82, 2.24) is 4.57 Å². The van der Waals surface area contributed by atoms with Crippen molar-refractivity contribution in [2.75, 3.05) is 0 Å². The quantitative estimate of drug-likeness (QED) is 0.480. The number of aryl methyl sites for hydroxylation is 3. The minimum Gasteiger partial charge on any atom is -0.234 e. The minimum absolute atomic E-state index is 1.11. The molecular formula is C19H29N2+. The van der Waals surface area contributed by atoms with Gasteiger partial charge >= 0.3 is 0 Å². The van der Waals surface area contributed by atoms with E-state index in [2.05, 4.69) is 65.7 Å². The summed E-state index contributed by atoms with van der Waals surface area (Å²) in [5.41, 5.74) is 1.44. The van der Waals surface area contributed by atoms with Gasteiger partial charge in [0.05, 0.1) is 13.1 Å². The third-order valence-corrected chi connectivity index (χ3v) is 4.22. The Kier molecular flexibility index (Phi) is 6.52. The molecule has 0 fully saturated rings. The van der Waals surface area contributed by atoms with Gasteiger partial charge in [-0.25, -0.2) is 9.13 Å². The fourth-order valence-electron chi connectivity index (χ4n) is 2.82. The molecule has 0 spiro atoms. The van der Waals surface area contributed by atoms with Crippen LogP contribution in [-0.4, -0.2) is 4.57 Å². The first kappa shape index (κ1) is 15.8. The van der Waals surface area contributed by atoms with Crippen molar-refractivity contribution < 1.29 is 4.57 Å². The normalized spacial score (nSPS) is 11.0. The molecule has 0 saturated carbocycles. The van der Waals surface area contributed by atoms with Gasteiger partial charge in [0.1, 0.15) is 12.4 Å². The van der Waals surface area contributed by atoms with Gasteiger partial charge in [0.15, 0.2) is 0 Å². The molecule has 0 aliphatic rings. The SMILES string of the molecule is CCCCCCn1cc[n+](CCCc2ccccc2)c1C. The highest BCUT2D eigenvalue weighted by Crippen LogP contribution is 2.05. The third kappa shape index (κ3) is 5.04. The summed E-state index contributed by atoms with van der Waals surface area (Å²) in [6, 6.07) is 10.8. The predicted octanol–water partition coefficient (Wildman–Crippen LogP) is 4.30. The highest BCUT2D eigenvalue weighted by atomic mass is 15.1. The van der Waals surface area contributed by atoms with Gasteiger partial charge in [0, 0.05) is 6.92 Å². The van der Waals surface area contributed by atoms with Crippen LogP contribution in [0.3, 0.4) is 0 Å². The molecule has 2 aromatic rings. The van der Waals surface area contributed by atoms with Crippen LogP contribution in [0.25, 0.3) is 0 Å². The molecule has 1 aromatic carbocycles. The summed E-state index contributed by atoms with van der Waals surface area (Å²) in [4.78, 5) is 0. The Bertz CT molecular complexity index is 514. The summed E-state index contributed by atoms with van der Waals surface area (Å²) in [7, 11) is 0. The molecule has 0 atom stereocenters. The fraction of sp³-hybridized carbons (Fsp3) is 0.526. The Morgan fingerprint density at radius 2 is 1.81 bits per heavy atom. The Morgan fingerprint density at radius 3 is 2.57 bits per heavy atom. The maximum absolute atomic E-state index is 2.40. The summed E-state index contributed by atoms with van der Waals surface area (Å²) in [6.45, 7) is 6.78. The molecule has 2 nitrogen and oxygen atoms in total. The van der Waals surface area contributed by atoms with Crippen LogP contribution in [0.15, 0.2) is 42.7 Å².